The number of benzene rings is 2. The molecule has 1 aliphatic carbocycles. The van der Waals surface area contributed by atoms with Gasteiger partial charge in [-0.15, -0.1) is 0 Å². The van der Waals surface area contributed by atoms with Crippen molar-refractivity contribution in [1.29, 1.82) is 5.26 Å². The molecule has 2 aromatic rings. The Balaban J connectivity index is 1.75. The normalized spacial score (nSPS) is 21.9. The molecule has 0 spiro atoms. The molecule has 1 aliphatic rings. The van der Waals surface area contributed by atoms with Crippen LogP contribution in [0.3, 0.4) is 0 Å². The van der Waals surface area contributed by atoms with Crippen LogP contribution in [-0.2, 0) is 11.2 Å². The van der Waals surface area contributed by atoms with E-state index in [1.807, 2.05) is 18.2 Å². The van der Waals surface area contributed by atoms with Crippen LogP contribution in [0, 0.1) is 11.3 Å². The zero-order chi connectivity index (χ0) is 19.3. The Morgan fingerprint density at radius 1 is 1.19 bits per heavy atom. The fourth-order valence-electron chi connectivity index (χ4n) is 3.38. The van der Waals surface area contributed by atoms with Crippen molar-refractivity contribution in [3.8, 4) is 11.8 Å². The summed E-state index contributed by atoms with van der Waals surface area (Å²) in [7, 11) is 0. The number of nitrogens with zero attached hydrogens (tertiary/aromatic N) is 1. The van der Waals surface area contributed by atoms with E-state index >= 15 is 0 Å². The molecule has 2 aromatic carbocycles. The summed E-state index contributed by atoms with van der Waals surface area (Å²) in [6, 6.07) is 16.5. The number of rotatable bonds is 5. The Kier molecular flexibility index (Phi) is 6.26. The molecule has 0 bridgehead atoms. The maximum atomic E-state index is 12.6. The second kappa shape index (κ2) is 8.65. The molecule has 2 atom stereocenters. The van der Waals surface area contributed by atoms with Gasteiger partial charge in [0.25, 0.3) is 0 Å². The molecule has 27 heavy (non-hydrogen) atoms. The van der Waals surface area contributed by atoms with Crippen LogP contribution in [0.5, 0.6) is 5.75 Å². The number of carbonyl (C=O) groups excluding carboxylic acids is 1. The minimum atomic E-state index is -1.06. The van der Waals surface area contributed by atoms with E-state index in [2.05, 4.69) is 11.4 Å². The molecular formula is C21H20Cl2N2O2. The zero-order valence-corrected chi connectivity index (χ0v) is 16.3. The predicted octanol–water partition coefficient (Wildman–Crippen LogP) is 4.94. The van der Waals surface area contributed by atoms with E-state index in [1.165, 1.54) is 0 Å². The van der Waals surface area contributed by atoms with Crippen LogP contribution < -0.4 is 10.1 Å². The van der Waals surface area contributed by atoms with E-state index in [0.717, 1.165) is 18.4 Å². The SMILES string of the molecule is N#CC1(NC(=O)Cc2ccccc2Cl)CCCCC1Oc1ccc(Cl)cc1. The maximum Gasteiger partial charge on any atom is 0.225 e. The molecule has 1 amide bonds. The summed E-state index contributed by atoms with van der Waals surface area (Å²) in [4.78, 5) is 12.6. The van der Waals surface area contributed by atoms with Crippen molar-refractivity contribution in [2.75, 3.05) is 0 Å². The maximum absolute atomic E-state index is 12.6. The van der Waals surface area contributed by atoms with Gasteiger partial charge in [-0.3, -0.25) is 4.79 Å². The third kappa shape index (κ3) is 4.74. The molecule has 0 aliphatic heterocycles. The van der Waals surface area contributed by atoms with E-state index < -0.39 is 11.6 Å². The number of amides is 1. The summed E-state index contributed by atoms with van der Waals surface area (Å²) in [5.74, 6) is 0.391. The minimum Gasteiger partial charge on any atom is -0.487 e. The van der Waals surface area contributed by atoms with Gasteiger partial charge < -0.3 is 10.1 Å². The highest BCUT2D eigenvalue weighted by Gasteiger charge is 2.44. The highest BCUT2D eigenvalue weighted by molar-refractivity contribution is 6.31. The van der Waals surface area contributed by atoms with Gasteiger partial charge >= 0.3 is 0 Å². The lowest BCUT2D eigenvalue weighted by atomic mass is 9.79. The first kappa shape index (κ1) is 19.5. The van der Waals surface area contributed by atoms with Gasteiger partial charge in [-0.05, 0) is 61.6 Å². The third-order valence-corrected chi connectivity index (χ3v) is 5.42. The molecule has 0 aromatic heterocycles. The first-order chi connectivity index (χ1) is 13.0. The van der Waals surface area contributed by atoms with Gasteiger partial charge in [0.15, 0.2) is 5.54 Å². The number of ether oxygens (including phenoxy) is 1. The molecule has 140 valence electrons. The molecule has 1 saturated carbocycles. The third-order valence-electron chi connectivity index (χ3n) is 4.80. The topological polar surface area (TPSA) is 62.1 Å². The molecule has 1 fully saturated rings. The fourth-order valence-corrected chi connectivity index (χ4v) is 3.71. The molecular weight excluding hydrogens is 383 g/mol. The minimum absolute atomic E-state index is 0.122. The number of nitriles is 1. The van der Waals surface area contributed by atoms with Gasteiger partial charge in [0, 0.05) is 10.0 Å². The molecule has 0 heterocycles. The van der Waals surface area contributed by atoms with Crippen LogP contribution in [0.15, 0.2) is 48.5 Å². The van der Waals surface area contributed by atoms with E-state index in [9.17, 15) is 10.1 Å². The van der Waals surface area contributed by atoms with Crippen LogP contribution >= 0.6 is 23.2 Å². The first-order valence-corrected chi connectivity index (χ1v) is 9.66. The predicted molar refractivity (Wildman–Crippen MR) is 106 cm³/mol. The highest BCUT2D eigenvalue weighted by atomic mass is 35.5. The lowest BCUT2D eigenvalue weighted by Crippen LogP contribution is -2.59. The van der Waals surface area contributed by atoms with Crippen LogP contribution in [0.1, 0.15) is 31.2 Å². The molecule has 3 rings (SSSR count). The standard InChI is InChI=1S/C21H20Cl2N2O2/c22-16-8-10-17(11-9-16)27-19-7-3-4-12-21(19,14-24)25-20(26)13-15-5-1-2-6-18(15)23/h1-2,5-6,8-11,19H,3-4,7,12-13H2,(H,25,26). The Morgan fingerprint density at radius 3 is 2.63 bits per heavy atom. The van der Waals surface area contributed by atoms with Crippen LogP contribution in [0.4, 0.5) is 0 Å². The van der Waals surface area contributed by atoms with Crippen molar-refractivity contribution in [3.05, 3.63) is 64.1 Å². The molecule has 0 radical (unpaired) electrons. The number of hydrogen-bond donors (Lipinski definition) is 1. The molecule has 4 nitrogen and oxygen atoms in total. The smallest absolute Gasteiger partial charge is 0.225 e. The average Bonchev–Trinajstić information content (AvgIpc) is 2.67. The van der Waals surface area contributed by atoms with Crippen LogP contribution in [0.2, 0.25) is 10.0 Å². The number of nitrogens with one attached hydrogen (secondary N) is 1. The van der Waals surface area contributed by atoms with Crippen LogP contribution in [0.25, 0.3) is 0 Å². The molecule has 0 saturated heterocycles. The summed E-state index contributed by atoms with van der Waals surface area (Å²) >= 11 is 12.1. The van der Waals surface area contributed by atoms with Crippen molar-refractivity contribution in [1.82, 2.24) is 5.32 Å². The van der Waals surface area contributed by atoms with Gasteiger partial charge in [-0.25, -0.2) is 0 Å². The van der Waals surface area contributed by atoms with E-state index in [0.29, 0.717) is 28.6 Å². The summed E-state index contributed by atoms with van der Waals surface area (Å²) in [6.45, 7) is 0. The Bertz CT molecular complexity index is 848. The quantitative estimate of drug-likeness (QED) is 0.770. The Labute approximate surface area is 169 Å². The van der Waals surface area contributed by atoms with Gasteiger partial charge in [-0.2, -0.15) is 5.26 Å². The average molecular weight is 403 g/mol. The monoisotopic (exact) mass is 402 g/mol. The van der Waals surface area contributed by atoms with Gasteiger partial charge in [0.05, 0.1) is 12.5 Å². The Hall–Kier alpha value is -2.22. The second-order valence-corrected chi connectivity index (χ2v) is 7.55. The van der Waals surface area contributed by atoms with Crippen LogP contribution in [-0.4, -0.2) is 17.6 Å². The van der Waals surface area contributed by atoms with Crippen molar-refractivity contribution in [2.45, 2.75) is 43.7 Å². The molecule has 1 N–H and O–H groups in total. The summed E-state index contributed by atoms with van der Waals surface area (Å²) in [6.07, 6.45) is 2.75. The summed E-state index contributed by atoms with van der Waals surface area (Å²) in [5.41, 5.74) is -0.327. The summed E-state index contributed by atoms with van der Waals surface area (Å²) < 4.78 is 6.07. The zero-order valence-electron chi connectivity index (χ0n) is 14.8. The molecule has 2 unspecified atom stereocenters. The van der Waals surface area contributed by atoms with Crippen molar-refractivity contribution in [3.63, 3.8) is 0 Å². The van der Waals surface area contributed by atoms with Gasteiger partial charge in [0.1, 0.15) is 11.9 Å². The summed E-state index contributed by atoms with van der Waals surface area (Å²) in [5, 5.41) is 14.0. The number of hydrogen-bond acceptors (Lipinski definition) is 3. The first-order valence-electron chi connectivity index (χ1n) is 8.90. The van der Waals surface area contributed by atoms with Crippen molar-refractivity contribution >= 4 is 29.1 Å². The largest absolute Gasteiger partial charge is 0.487 e. The number of carbonyl (C=O) groups is 1. The van der Waals surface area contributed by atoms with Crippen molar-refractivity contribution < 1.29 is 9.53 Å². The van der Waals surface area contributed by atoms with E-state index in [4.69, 9.17) is 27.9 Å². The lowest BCUT2D eigenvalue weighted by molar-refractivity contribution is -0.123. The van der Waals surface area contributed by atoms with Gasteiger partial charge in [-0.1, -0.05) is 41.4 Å². The van der Waals surface area contributed by atoms with Gasteiger partial charge in [0.2, 0.25) is 5.91 Å². The van der Waals surface area contributed by atoms with E-state index in [1.54, 1.807) is 30.3 Å². The Morgan fingerprint density at radius 2 is 1.93 bits per heavy atom. The molecule has 6 heteroatoms. The lowest BCUT2D eigenvalue weighted by Gasteiger charge is -2.39. The van der Waals surface area contributed by atoms with E-state index in [-0.39, 0.29) is 12.3 Å². The number of halogens is 2. The second-order valence-electron chi connectivity index (χ2n) is 6.71. The fraction of sp³-hybridized carbons (Fsp3) is 0.333. The van der Waals surface area contributed by atoms with Crippen molar-refractivity contribution in [2.24, 2.45) is 0 Å². The highest BCUT2D eigenvalue weighted by Crippen LogP contribution is 2.32.